The molecule has 0 radical (unpaired) electrons. The molecule has 1 N–H and O–H groups in total. The fourth-order valence-corrected chi connectivity index (χ4v) is 4.17. The van der Waals surface area contributed by atoms with Crippen molar-refractivity contribution in [1.82, 2.24) is 19.7 Å². The number of benzene rings is 2. The lowest BCUT2D eigenvalue weighted by molar-refractivity contribution is -0.113. The fraction of sp³-hybridized carbons (Fsp3) is 0.100. The van der Waals surface area contributed by atoms with Gasteiger partial charge in [-0.25, -0.2) is 4.98 Å². The summed E-state index contributed by atoms with van der Waals surface area (Å²) in [5.74, 6) is 0.0977. The molecule has 2 aromatic heterocycles. The molecule has 0 atom stereocenters. The van der Waals surface area contributed by atoms with Crippen molar-refractivity contribution in [2.45, 2.75) is 12.1 Å². The third-order valence-corrected chi connectivity index (χ3v) is 6.30. The van der Waals surface area contributed by atoms with Crippen LogP contribution < -0.4 is 5.32 Å². The van der Waals surface area contributed by atoms with Crippen LogP contribution >= 0.6 is 34.7 Å². The predicted molar refractivity (Wildman–Crippen MR) is 118 cm³/mol. The van der Waals surface area contributed by atoms with Crippen molar-refractivity contribution in [3.05, 3.63) is 71.0 Å². The summed E-state index contributed by atoms with van der Waals surface area (Å²) in [4.78, 5) is 16.6. The van der Waals surface area contributed by atoms with E-state index in [1.807, 2.05) is 59.3 Å². The highest BCUT2D eigenvalue weighted by atomic mass is 35.5. The third-order valence-electron chi connectivity index (χ3n) is 4.13. The Hall–Kier alpha value is -2.68. The van der Waals surface area contributed by atoms with Crippen LogP contribution in [-0.2, 0) is 4.79 Å². The van der Waals surface area contributed by atoms with E-state index in [1.165, 1.54) is 11.8 Å². The number of thioether (sulfide) groups is 1. The van der Waals surface area contributed by atoms with E-state index in [9.17, 15) is 4.79 Å². The minimum atomic E-state index is -0.117. The zero-order valence-electron chi connectivity index (χ0n) is 15.4. The summed E-state index contributed by atoms with van der Waals surface area (Å²) in [6.45, 7) is 1.95. The van der Waals surface area contributed by atoms with Gasteiger partial charge in [-0.1, -0.05) is 29.4 Å². The van der Waals surface area contributed by atoms with Gasteiger partial charge in [0.25, 0.3) is 0 Å². The van der Waals surface area contributed by atoms with Crippen molar-refractivity contribution in [1.29, 1.82) is 0 Å². The molecule has 2 aromatic carbocycles. The Kier molecular flexibility index (Phi) is 5.94. The van der Waals surface area contributed by atoms with Crippen molar-refractivity contribution >= 4 is 46.3 Å². The summed E-state index contributed by atoms with van der Waals surface area (Å²) in [7, 11) is 0. The van der Waals surface area contributed by atoms with Crippen molar-refractivity contribution in [3.63, 3.8) is 0 Å². The molecule has 0 unspecified atom stereocenters. The molecule has 29 heavy (non-hydrogen) atoms. The van der Waals surface area contributed by atoms with E-state index in [-0.39, 0.29) is 11.7 Å². The van der Waals surface area contributed by atoms with Crippen LogP contribution in [0.3, 0.4) is 0 Å². The first-order valence-electron chi connectivity index (χ1n) is 8.69. The maximum absolute atomic E-state index is 12.3. The van der Waals surface area contributed by atoms with E-state index in [0.29, 0.717) is 10.2 Å². The molecule has 0 saturated carbocycles. The maximum Gasteiger partial charge on any atom is 0.234 e. The van der Waals surface area contributed by atoms with Crippen LogP contribution in [-0.4, -0.2) is 31.4 Å². The Labute approximate surface area is 181 Å². The largest absolute Gasteiger partial charge is 0.325 e. The Balaban J connectivity index is 1.38. The van der Waals surface area contributed by atoms with E-state index in [4.69, 9.17) is 11.6 Å². The fourth-order valence-electron chi connectivity index (χ4n) is 2.62. The second-order valence-electron chi connectivity index (χ2n) is 6.17. The minimum Gasteiger partial charge on any atom is -0.325 e. The summed E-state index contributed by atoms with van der Waals surface area (Å²) in [6, 6.07) is 13.4. The Morgan fingerprint density at radius 1 is 1.24 bits per heavy atom. The molecule has 0 aliphatic carbocycles. The number of amides is 1. The van der Waals surface area contributed by atoms with Crippen molar-refractivity contribution in [2.75, 3.05) is 11.1 Å². The number of hydrogen-bond donors (Lipinski definition) is 1. The van der Waals surface area contributed by atoms with Crippen LogP contribution in [0.5, 0.6) is 0 Å². The van der Waals surface area contributed by atoms with Crippen molar-refractivity contribution in [2.24, 2.45) is 0 Å². The molecule has 6 nitrogen and oxygen atoms in total. The first-order valence-corrected chi connectivity index (χ1v) is 10.9. The third kappa shape index (κ3) is 4.67. The lowest BCUT2D eigenvalue weighted by atomic mass is 10.2. The van der Waals surface area contributed by atoms with Gasteiger partial charge in [-0.15, -0.1) is 21.5 Å². The van der Waals surface area contributed by atoms with Crippen molar-refractivity contribution in [3.8, 4) is 16.3 Å². The lowest BCUT2D eigenvalue weighted by Gasteiger charge is -2.08. The number of aryl methyl sites for hydroxylation is 1. The van der Waals surface area contributed by atoms with Crippen LogP contribution in [0.25, 0.3) is 16.3 Å². The van der Waals surface area contributed by atoms with E-state index in [0.717, 1.165) is 27.5 Å². The highest BCUT2D eigenvalue weighted by molar-refractivity contribution is 7.99. The number of nitrogens with one attached hydrogen (secondary N) is 1. The molecule has 0 saturated heterocycles. The molecule has 0 spiro atoms. The topological polar surface area (TPSA) is 72.7 Å². The van der Waals surface area contributed by atoms with Gasteiger partial charge in [0.2, 0.25) is 5.91 Å². The molecule has 0 aliphatic rings. The highest BCUT2D eigenvalue weighted by Gasteiger charge is 2.11. The average Bonchev–Trinajstić information content (AvgIpc) is 3.41. The summed E-state index contributed by atoms with van der Waals surface area (Å²) in [5, 5.41) is 15.2. The summed E-state index contributed by atoms with van der Waals surface area (Å²) in [5.41, 5.74) is 3.61. The van der Waals surface area contributed by atoms with Crippen LogP contribution in [0.4, 0.5) is 5.69 Å². The number of carbonyl (C=O) groups is 1. The predicted octanol–water partition coefficient (Wildman–Crippen LogP) is 5.08. The zero-order valence-corrected chi connectivity index (χ0v) is 17.8. The minimum absolute atomic E-state index is 0.117. The summed E-state index contributed by atoms with van der Waals surface area (Å²) >= 11 is 9.11. The molecule has 0 bridgehead atoms. The molecular formula is C20H16ClN5OS2. The van der Waals surface area contributed by atoms with E-state index in [1.54, 1.807) is 23.9 Å². The molecule has 0 aliphatic heterocycles. The van der Waals surface area contributed by atoms with Gasteiger partial charge in [-0.2, -0.15) is 0 Å². The maximum atomic E-state index is 12.3. The van der Waals surface area contributed by atoms with Crippen LogP contribution in [0.2, 0.25) is 5.02 Å². The molecule has 0 fully saturated rings. The number of halogens is 1. The monoisotopic (exact) mass is 441 g/mol. The van der Waals surface area contributed by atoms with Gasteiger partial charge in [-0.05, 0) is 48.9 Å². The van der Waals surface area contributed by atoms with Gasteiger partial charge in [0.15, 0.2) is 5.16 Å². The second kappa shape index (κ2) is 8.77. The molecule has 4 aromatic rings. The number of thiazole rings is 1. The van der Waals surface area contributed by atoms with Gasteiger partial charge in [0.1, 0.15) is 11.3 Å². The quantitative estimate of drug-likeness (QED) is 0.422. The van der Waals surface area contributed by atoms with Gasteiger partial charge < -0.3 is 5.32 Å². The van der Waals surface area contributed by atoms with E-state index in [2.05, 4.69) is 20.5 Å². The number of nitrogens with zero attached hydrogens (tertiary/aromatic N) is 4. The first kappa shape index (κ1) is 19.6. The van der Waals surface area contributed by atoms with Crippen molar-refractivity contribution < 1.29 is 4.79 Å². The average molecular weight is 442 g/mol. The van der Waals surface area contributed by atoms with Gasteiger partial charge >= 0.3 is 0 Å². The number of aromatic nitrogens is 4. The zero-order chi connectivity index (χ0) is 20.2. The van der Waals surface area contributed by atoms with Gasteiger partial charge in [-0.3, -0.25) is 9.36 Å². The van der Waals surface area contributed by atoms with Crippen LogP contribution in [0, 0.1) is 6.92 Å². The SMILES string of the molecule is Cc1ccc(-n2cnnc2SCC(=O)Nc2ccc(-c3nccs3)cc2)cc1Cl. The Bertz CT molecular complexity index is 1130. The highest BCUT2D eigenvalue weighted by Crippen LogP contribution is 2.25. The van der Waals surface area contributed by atoms with Gasteiger partial charge in [0, 0.05) is 27.9 Å². The molecule has 4 rings (SSSR count). The van der Waals surface area contributed by atoms with Crippen LogP contribution in [0.1, 0.15) is 5.56 Å². The first-order chi connectivity index (χ1) is 14.1. The Morgan fingerprint density at radius 3 is 2.79 bits per heavy atom. The summed E-state index contributed by atoms with van der Waals surface area (Å²) in [6.07, 6.45) is 3.38. The standard InChI is InChI=1S/C20H16ClN5OS2/c1-13-2-7-16(10-17(13)21)26-12-23-25-20(26)29-11-18(27)24-15-5-3-14(4-6-15)19-22-8-9-28-19/h2-10,12H,11H2,1H3,(H,24,27). The summed E-state index contributed by atoms with van der Waals surface area (Å²) < 4.78 is 1.81. The molecular weight excluding hydrogens is 426 g/mol. The van der Waals surface area contributed by atoms with Crippen LogP contribution in [0.15, 0.2) is 65.5 Å². The van der Waals surface area contributed by atoms with E-state index < -0.39 is 0 Å². The van der Waals surface area contributed by atoms with Gasteiger partial charge in [0.05, 0.1) is 11.4 Å². The normalized spacial score (nSPS) is 10.8. The molecule has 2 heterocycles. The molecule has 1 amide bonds. The number of anilines is 1. The smallest absolute Gasteiger partial charge is 0.234 e. The second-order valence-corrected chi connectivity index (χ2v) is 8.41. The molecule has 9 heteroatoms. The number of hydrogen-bond acceptors (Lipinski definition) is 6. The van der Waals surface area contributed by atoms with E-state index >= 15 is 0 Å². The number of carbonyl (C=O) groups excluding carboxylic acids is 1. The number of rotatable bonds is 6. The molecule has 146 valence electrons. The Morgan fingerprint density at radius 2 is 2.07 bits per heavy atom. The lowest BCUT2D eigenvalue weighted by Crippen LogP contribution is -2.14.